The minimum Gasteiger partial charge on any atom is -0.497 e. The van der Waals surface area contributed by atoms with E-state index < -0.39 is 0 Å². The van der Waals surface area contributed by atoms with Crippen molar-refractivity contribution in [2.75, 3.05) is 12.4 Å². The molecule has 1 aliphatic heterocycles. The first kappa shape index (κ1) is 23.7. The smallest absolute Gasteiger partial charge is 0.273 e. The highest BCUT2D eigenvalue weighted by Crippen LogP contribution is 2.40. The number of aromatic nitrogens is 2. The van der Waals surface area contributed by atoms with E-state index in [9.17, 15) is 4.79 Å². The Morgan fingerprint density at radius 3 is 2.32 bits per heavy atom. The molecule has 186 valence electrons. The lowest BCUT2D eigenvalue weighted by Crippen LogP contribution is -2.15. The van der Waals surface area contributed by atoms with Gasteiger partial charge in [-0.05, 0) is 66.8 Å². The van der Waals surface area contributed by atoms with Crippen LogP contribution in [-0.2, 0) is 13.0 Å². The summed E-state index contributed by atoms with van der Waals surface area (Å²) in [6.45, 7) is 0.877. The molecule has 2 aromatic heterocycles. The van der Waals surface area contributed by atoms with Gasteiger partial charge >= 0.3 is 0 Å². The lowest BCUT2D eigenvalue weighted by molar-refractivity contribution is 0.102. The first-order chi connectivity index (χ1) is 18.0. The largest absolute Gasteiger partial charge is 0.497 e. The van der Waals surface area contributed by atoms with Gasteiger partial charge in [0.15, 0.2) is 0 Å². The summed E-state index contributed by atoms with van der Waals surface area (Å²) in [6, 6.07) is 23.0. The predicted molar refractivity (Wildman–Crippen MR) is 150 cm³/mol. The van der Waals surface area contributed by atoms with Crippen LogP contribution in [0.15, 0.2) is 79.0 Å². The van der Waals surface area contributed by atoms with Crippen molar-refractivity contribution in [3.63, 3.8) is 0 Å². The molecule has 0 bridgehead atoms. The zero-order chi connectivity index (χ0) is 25.5. The minimum atomic E-state index is -0.181. The van der Waals surface area contributed by atoms with Crippen LogP contribution >= 0.6 is 23.2 Å². The topological polar surface area (TPSA) is 47.7 Å². The average Bonchev–Trinajstić information content (AvgIpc) is 3.32. The maximum absolute atomic E-state index is 14.0. The van der Waals surface area contributed by atoms with Crippen molar-refractivity contribution in [1.29, 1.82) is 0 Å². The number of ether oxygens (including phenoxy) is 1. The Bertz CT molecular complexity index is 1620. The first-order valence-electron chi connectivity index (χ1n) is 12.3. The zero-order valence-corrected chi connectivity index (χ0v) is 21.8. The maximum atomic E-state index is 14.0. The summed E-state index contributed by atoms with van der Waals surface area (Å²) in [4.78, 5) is 14.0. The Morgan fingerprint density at radius 1 is 0.919 bits per heavy atom. The van der Waals surface area contributed by atoms with Crippen LogP contribution in [0.1, 0.15) is 28.9 Å². The number of halogens is 2. The standard InChI is InChI=1S/C30H25Cl2N3O2/c1-37-24-6-4-5-23(17-24)33-29(36)28-27(20-10-14-22(32)15-11-20)25-7-2-3-16-34-26(18-35(28)30(25)34)19-8-12-21(31)13-9-19/h4-6,8-15,17-18H,2-3,7,16H2,1H3,(H,33,36). The summed E-state index contributed by atoms with van der Waals surface area (Å²) < 4.78 is 9.76. The number of aryl methyl sites for hydroxylation is 2. The summed E-state index contributed by atoms with van der Waals surface area (Å²) in [5, 5.41) is 4.46. The summed E-state index contributed by atoms with van der Waals surface area (Å²) in [5.41, 5.74) is 7.56. The molecule has 6 rings (SSSR count). The molecule has 0 unspecified atom stereocenters. The fraction of sp³-hybridized carbons (Fsp3) is 0.167. The van der Waals surface area contributed by atoms with Gasteiger partial charge in [-0.2, -0.15) is 0 Å². The van der Waals surface area contributed by atoms with Gasteiger partial charge in [0.05, 0.1) is 12.8 Å². The van der Waals surface area contributed by atoms with E-state index in [1.165, 1.54) is 5.56 Å². The molecule has 0 saturated carbocycles. The number of amides is 1. The monoisotopic (exact) mass is 529 g/mol. The molecule has 1 amide bonds. The van der Waals surface area contributed by atoms with Crippen molar-refractivity contribution >= 4 is 40.4 Å². The summed E-state index contributed by atoms with van der Waals surface area (Å²) in [6.07, 6.45) is 5.06. The maximum Gasteiger partial charge on any atom is 0.273 e. The molecule has 0 aliphatic carbocycles. The molecule has 7 heteroatoms. The van der Waals surface area contributed by atoms with Crippen LogP contribution in [0.2, 0.25) is 10.0 Å². The van der Waals surface area contributed by atoms with Gasteiger partial charge in [0, 0.05) is 45.7 Å². The van der Waals surface area contributed by atoms with E-state index >= 15 is 0 Å². The summed E-state index contributed by atoms with van der Waals surface area (Å²) in [5.74, 6) is 0.502. The van der Waals surface area contributed by atoms with Crippen molar-refractivity contribution in [2.24, 2.45) is 0 Å². The molecule has 5 nitrogen and oxygen atoms in total. The second-order valence-electron chi connectivity index (χ2n) is 9.22. The van der Waals surface area contributed by atoms with Gasteiger partial charge in [0.25, 0.3) is 5.91 Å². The number of benzene rings is 3. The molecule has 0 radical (unpaired) electrons. The number of hydrogen-bond acceptors (Lipinski definition) is 2. The predicted octanol–water partition coefficient (Wildman–Crippen LogP) is 7.98. The Balaban J connectivity index is 1.59. The fourth-order valence-corrected chi connectivity index (χ4v) is 5.53. The molecule has 1 aliphatic rings. The van der Waals surface area contributed by atoms with Gasteiger partial charge in [0.1, 0.15) is 17.1 Å². The fourth-order valence-electron chi connectivity index (χ4n) is 5.28. The van der Waals surface area contributed by atoms with E-state index in [-0.39, 0.29) is 5.91 Å². The Morgan fingerprint density at radius 2 is 1.62 bits per heavy atom. The molecule has 0 spiro atoms. The molecule has 5 aromatic rings. The quantitative estimate of drug-likeness (QED) is 0.251. The lowest BCUT2D eigenvalue weighted by Gasteiger charge is -2.11. The Hall–Kier alpha value is -3.67. The van der Waals surface area contributed by atoms with E-state index in [1.54, 1.807) is 7.11 Å². The third kappa shape index (κ3) is 4.28. The third-order valence-corrected chi connectivity index (χ3v) is 7.45. The van der Waals surface area contributed by atoms with E-state index in [2.05, 4.69) is 20.5 Å². The van der Waals surface area contributed by atoms with Crippen LogP contribution in [0.5, 0.6) is 5.75 Å². The second-order valence-corrected chi connectivity index (χ2v) is 10.1. The number of carbonyl (C=O) groups excluding carboxylic acids is 1. The zero-order valence-electron chi connectivity index (χ0n) is 20.3. The van der Waals surface area contributed by atoms with Crippen LogP contribution in [0, 0.1) is 0 Å². The Kier molecular flexibility index (Phi) is 6.19. The van der Waals surface area contributed by atoms with Gasteiger partial charge in [-0.1, -0.05) is 53.5 Å². The van der Waals surface area contributed by atoms with E-state index in [1.807, 2.05) is 72.8 Å². The molecule has 3 aromatic carbocycles. The van der Waals surface area contributed by atoms with Crippen molar-refractivity contribution in [1.82, 2.24) is 8.97 Å². The number of nitrogens with zero attached hydrogens (tertiary/aromatic N) is 2. The Labute approximate surface area is 225 Å². The van der Waals surface area contributed by atoms with Gasteiger partial charge in [-0.3, -0.25) is 9.20 Å². The molecular weight excluding hydrogens is 505 g/mol. The third-order valence-electron chi connectivity index (χ3n) is 6.95. The summed E-state index contributed by atoms with van der Waals surface area (Å²) in [7, 11) is 1.61. The highest BCUT2D eigenvalue weighted by atomic mass is 35.5. The number of nitrogens with one attached hydrogen (secondary N) is 1. The molecule has 3 heterocycles. The number of rotatable bonds is 5. The molecule has 1 N–H and O–H groups in total. The van der Waals surface area contributed by atoms with Gasteiger partial charge in [-0.15, -0.1) is 0 Å². The number of imidazole rings is 1. The van der Waals surface area contributed by atoms with Crippen LogP contribution in [-0.4, -0.2) is 22.0 Å². The second kappa shape index (κ2) is 9.66. The van der Waals surface area contributed by atoms with Gasteiger partial charge in [0.2, 0.25) is 0 Å². The number of methoxy groups -OCH3 is 1. The molecule has 0 fully saturated rings. The van der Waals surface area contributed by atoms with Crippen molar-refractivity contribution < 1.29 is 9.53 Å². The highest BCUT2D eigenvalue weighted by Gasteiger charge is 2.29. The minimum absolute atomic E-state index is 0.181. The highest BCUT2D eigenvalue weighted by molar-refractivity contribution is 6.31. The van der Waals surface area contributed by atoms with E-state index in [4.69, 9.17) is 27.9 Å². The average molecular weight is 530 g/mol. The van der Waals surface area contributed by atoms with Gasteiger partial charge < -0.3 is 14.6 Å². The van der Waals surface area contributed by atoms with E-state index in [0.717, 1.165) is 53.8 Å². The van der Waals surface area contributed by atoms with Gasteiger partial charge in [-0.25, -0.2) is 0 Å². The van der Waals surface area contributed by atoms with Crippen molar-refractivity contribution in [3.05, 3.63) is 100 Å². The molecule has 0 atom stereocenters. The first-order valence-corrected chi connectivity index (χ1v) is 13.0. The molecular formula is C30H25Cl2N3O2. The van der Waals surface area contributed by atoms with Crippen LogP contribution in [0.25, 0.3) is 28.0 Å². The SMILES string of the molecule is COc1cccc(NC(=O)c2c(-c3ccc(Cl)cc3)c3c4n(c(-c5ccc(Cl)cc5)cn24)CCCC3)c1. The van der Waals surface area contributed by atoms with Crippen molar-refractivity contribution in [2.45, 2.75) is 25.8 Å². The van der Waals surface area contributed by atoms with Crippen LogP contribution < -0.4 is 10.1 Å². The number of anilines is 1. The number of hydrogen-bond donors (Lipinski definition) is 1. The van der Waals surface area contributed by atoms with E-state index in [0.29, 0.717) is 27.2 Å². The molecule has 37 heavy (non-hydrogen) atoms. The van der Waals surface area contributed by atoms with Crippen molar-refractivity contribution in [3.8, 4) is 28.1 Å². The summed E-state index contributed by atoms with van der Waals surface area (Å²) >= 11 is 12.4. The van der Waals surface area contributed by atoms with Crippen LogP contribution in [0.4, 0.5) is 5.69 Å². The number of carbonyl (C=O) groups is 1. The lowest BCUT2D eigenvalue weighted by atomic mass is 9.97. The normalized spacial score (nSPS) is 12.9. The van der Waals surface area contributed by atoms with Crippen LogP contribution in [0.3, 0.4) is 0 Å². The molecule has 0 saturated heterocycles.